The molecule has 0 atom stereocenters. The molecular weight excluding hydrogens is 228 g/mol. The van der Waals surface area contributed by atoms with Crippen molar-refractivity contribution < 1.29 is 4.74 Å². The summed E-state index contributed by atoms with van der Waals surface area (Å²) in [6.45, 7) is 8.03. The van der Waals surface area contributed by atoms with Gasteiger partial charge >= 0.3 is 0 Å². The van der Waals surface area contributed by atoms with Crippen LogP contribution in [0.15, 0.2) is 28.7 Å². The lowest BCUT2D eigenvalue weighted by Crippen LogP contribution is -2.04. The van der Waals surface area contributed by atoms with Crippen molar-refractivity contribution in [3.05, 3.63) is 28.7 Å². The highest BCUT2D eigenvalue weighted by Gasteiger charge is 1.95. The van der Waals surface area contributed by atoms with E-state index in [0.717, 1.165) is 10.2 Å². The second-order valence-corrected chi connectivity index (χ2v) is 3.54. The first kappa shape index (κ1) is 12.5. The molecule has 1 rings (SSSR count). The quantitative estimate of drug-likeness (QED) is 0.756. The second kappa shape index (κ2) is 6.96. The standard InChI is InChI=1S/C9H11BrO.C2H6/c1-7(2)11-9-5-3-8(10)4-6-9;1-2/h3-7H,1-2H3;1-2H3. The van der Waals surface area contributed by atoms with E-state index in [9.17, 15) is 0 Å². The Bertz CT molecular complexity index is 216. The van der Waals surface area contributed by atoms with Crippen LogP contribution in [0.1, 0.15) is 27.7 Å². The molecule has 0 saturated heterocycles. The molecule has 1 nitrogen and oxygen atoms in total. The van der Waals surface area contributed by atoms with Crippen LogP contribution in [0, 0.1) is 0 Å². The fourth-order valence-corrected chi connectivity index (χ4v) is 1.05. The maximum atomic E-state index is 5.45. The van der Waals surface area contributed by atoms with E-state index in [1.165, 1.54) is 0 Å². The van der Waals surface area contributed by atoms with Crippen molar-refractivity contribution in [2.45, 2.75) is 33.8 Å². The molecule has 0 aliphatic heterocycles. The van der Waals surface area contributed by atoms with Crippen molar-refractivity contribution in [3.63, 3.8) is 0 Å². The maximum Gasteiger partial charge on any atom is 0.119 e. The molecule has 0 aromatic heterocycles. The SMILES string of the molecule is CC.CC(C)Oc1ccc(Br)cc1. The Kier molecular flexibility index (Phi) is 6.69. The first-order chi connectivity index (χ1) is 6.18. The van der Waals surface area contributed by atoms with Gasteiger partial charge in [-0.15, -0.1) is 0 Å². The van der Waals surface area contributed by atoms with Crippen LogP contribution in [0.5, 0.6) is 5.75 Å². The van der Waals surface area contributed by atoms with Gasteiger partial charge in [0.1, 0.15) is 5.75 Å². The van der Waals surface area contributed by atoms with Crippen LogP contribution in [-0.2, 0) is 0 Å². The summed E-state index contributed by atoms with van der Waals surface area (Å²) in [6, 6.07) is 7.84. The van der Waals surface area contributed by atoms with E-state index in [4.69, 9.17) is 4.74 Å². The molecule has 0 amide bonds. The van der Waals surface area contributed by atoms with Gasteiger partial charge in [0.25, 0.3) is 0 Å². The van der Waals surface area contributed by atoms with E-state index in [-0.39, 0.29) is 6.10 Å². The van der Waals surface area contributed by atoms with Gasteiger partial charge in [-0.3, -0.25) is 0 Å². The number of hydrogen-bond donors (Lipinski definition) is 0. The molecule has 0 bridgehead atoms. The van der Waals surface area contributed by atoms with Gasteiger partial charge in [0.2, 0.25) is 0 Å². The summed E-state index contributed by atoms with van der Waals surface area (Å²) in [7, 11) is 0. The van der Waals surface area contributed by atoms with Gasteiger partial charge in [-0.2, -0.15) is 0 Å². The van der Waals surface area contributed by atoms with Crippen molar-refractivity contribution in [2.24, 2.45) is 0 Å². The Morgan fingerprint density at radius 2 is 1.54 bits per heavy atom. The Labute approximate surface area is 89.2 Å². The van der Waals surface area contributed by atoms with Crippen LogP contribution in [0.4, 0.5) is 0 Å². The van der Waals surface area contributed by atoms with Crippen molar-refractivity contribution in [1.29, 1.82) is 0 Å². The molecule has 0 heterocycles. The molecule has 0 saturated carbocycles. The molecule has 0 aliphatic carbocycles. The molecule has 0 aliphatic rings. The monoisotopic (exact) mass is 244 g/mol. The zero-order chi connectivity index (χ0) is 10.3. The average Bonchev–Trinajstić information content (AvgIpc) is 2.12. The summed E-state index contributed by atoms with van der Waals surface area (Å²) in [5.74, 6) is 0.920. The predicted molar refractivity (Wildman–Crippen MR) is 61.3 cm³/mol. The fraction of sp³-hybridized carbons (Fsp3) is 0.455. The lowest BCUT2D eigenvalue weighted by molar-refractivity contribution is 0.242. The molecule has 0 unspecified atom stereocenters. The van der Waals surface area contributed by atoms with E-state index >= 15 is 0 Å². The molecule has 74 valence electrons. The smallest absolute Gasteiger partial charge is 0.119 e. The topological polar surface area (TPSA) is 9.23 Å². The second-order valence-electron chi connectivity index (χ2n) is 2.62. The molecule has 0 radical (unpaired) electrons. The van der Waals surface area contributed by atoms with Crippen LogP contribution in [0.25, 0.3) is 0 Å². The normalized spacial score (nSPS) is 9.08. The van der Waals surface area contributed by atoms with Gasteiger partial charge in [0.15, 0.2) is 0 Å². The van der Waals surface area contributed by atoms with E-state index in [1.807, 2.05) is 52.0 Å². The van der Waals surface area contributed by atoms with Gasteiger partial charge in [-0.05, 0) is 38.1 Å². The summed E-state index contributed by atoms with van der Waals surface area (Å²) in [6.07, 6.45) is 0.246. The van der Waals surface area contributed by atoms with E-state index < -0.39 is 0 Å². The molecule has 0 spiro atoms. The molecule has 0 N–H and O–H groups in total. The highest BCUT2D eigenvalue weighted by atomic mass is 79.9. The third-order valence-corrected chi connectivity index (χ3v) is 1.71. The number of benzene rings is 1. The number of hydrogen-bond acceptors (Lipinski definition) is 1. The van der Waals surface area contributed by atoms with Crippen molar-refractivity contribution in [1.82, 2.24) is 0 Å². The van der Waals surface area contributed by atoms with Crippen molar-refractivity contribution >= 4 is 15.9 Å². The highest BCUT2D eigenvalue weighted by Crippen LogP contribution is 2.16. The van der Waals surface area contributed by atoms with E-state index in [2.05, 4.69) is 15.9 Å². The van der Waals surface area contributed by atoms with Gasteiger partial charge in [0.05, 0.1) is 6.10 Å². The number of halogens is 1. The summed E-state index contributed by atoms with van der Waals surface area (Å²) in [4.78, 5) is 0. The number of ether oxygens (including phenoxy) is 1. The van der Waals surface area contributed by atoms with Crippen LogP contribution in [0.2, 0.25) is 0 Å². The molecule has 0 fully saturated rings. The van der Waals surface area contributed by atoms with E-state index in [0.29, 0.717) is 0 Å². The van der Waals surface area contributed by atoms with Gasteiger partial charge in [0, 0.05) is 4.47 Å². The Morgan fingerprint density at radius 1 is 1.08 bits per heavy atom. The fourth-order valence-electron chi connectivity index (χ4n) is 0.785. The Balaban J connectivity index is 0.000000671. The Hall–Kier alpha value is -0.500. The molecule has 13 heavy (non-hydrogen) atoms. The lowest BCUT2D eigenvalue weighted by Gasteiger charge is -2.08. The zero-order valence-corrected chi connectivity index (χ0v) is 10.3. The zero-order valence-electron chi connectivity index (χ0n) is 8.67. The third-order valence-electron chi connectivity index (χ3n) is 1.19. The van der Waals surface area contributed by atoms with Gasteiger partial charge < -0.3 is 4.74 Å². The average molecular weight is 245 g/mol. The third kappa shape index (κ3) is 5.69. The summed E-state index contributed by atoms with van der Waals surface area (Å²) in [5, 5.41) is 0. The van der Waals surface area contributed by atoms with Crippen molar-refractivity contribution in [3.8, 4) is 5.75 Å². The Morgan fingerprint density at radius 3 is 1.92 bits per heavy atom. The molecule has 1 aromatic carbocycles. The van der Waals surface area contributed by atoms with Crippen LogP contribution < -0.4 is 4.74 Å². The largest absolute Gasteiger partial charge is 0.491 e. The predicted octanol–water partition coefficient (Wildman–Crippen LogP) is 4.26. The maximum absolute atomic E-state index is 5.45. The van der Waals surface area contributed by atoms with Crippen molar-refractivity contribution in [2.75, 3.05) is 0 Å². The minimum atomic E-state index is 0.246. The molecular formula is C11H17BrO. The van der Waals surface area contributed by atoms with Crippen LogP contribution >= 0.6 is 15.9 Å². The van der Waals surface area contributed by atoms with Crippen LogP contribution in [0.3, 0.4) is 0 Å². The molecule has 1 aromatic rings. The minimum Gasteiger partial charge on any atom is -0.491 e. The summed E-state index contributed by atoms with van der Waals surface area (Å²) >= 11 is 3.36. The molecule has 2 heteroatoms. The van der Waals surface area contributed by atoms with Crippen LogP contribution in [-0.4, -0.2) is 6.10 Å². The van der Waals surface area contributed by atoms with E-state index in [1.54, 1.807) is 0 Å². The summed E-state index contributed by atoms with van der Waals surface area (Å²) in [5.41, 5.74) is 0. The minimum absolute atomic E-state index is 0.246. The van der Waals surface area contributed by atoms with Gasteiger partial charge in [-0.1, -0.05) is 29.8 Å². The highest BCUT2D eigenvalue weighted by molar-refractivity contribution is 9.10. The first-order valence-corrected chi connectivity index (χ1v) is 5.40. The summed E-state index contributed by atoms with van der Waals surface area (Å²) < 4.78 is 6.53. The number of rotatable bonds is 2. The lowest BCUT2D eigenvalue weighted by atomic mass is 10.3. The van der Waals surface area contributed by atoms with Gasteiger partial charge in [-0.25, -0.2) is 0 Å². The first-order valence-electron chi connectivity index (χ1n) is 4.60.